The molecular formula is C19H16BrN3O2S2. The number of primary amides is 1. The second-order valence-electron chi connectivity index (χ2n) is 5.69. The van der Waals surface area contributed by atoms with E-state index in [0.29, 0.717) is 11.3 Å². The monoisotopic (exact) mass is 461 g/mol. The van der Waals surface area contributed by atoms with E-state index in [1.165, 1.54) is 16.9 Å². The Bertz CT molecular complexity index is 940. The van der Waals surface area contributed by atoms with Crippen molar-refractivity contribution in [3.63, 3.8) is 0 Å². The number of carbonyl (C=O) groups is 2. The highest BCUT2D eigenvalue weighted by Crippen LogP contribution is 2.27. The van der Waals surface area contributed by atoms with Gasteiger partial charge < -0.3 is 11.1 Å². The van der Waals surface area contributed by atoms with Gasteiger partial charge >= 0.3 is 0 Å². The zero-order chi connectivity index (χ0) is 19.2. The number of nitrogens with zero attached hydrogens (tertiary/aromatic N) is 1. The molecule has 3 N–H and O–H groups in total. The van der Waals surface area contributed by atoms with Crippen LogP contribution in [0, 0.1) is 0 Å². The normalized spacial score (nSPS) is 10.6. The molecule has 0 radical (unpaired) electrons. The van der Waals surface area contributed by atoms with Crippen molar-refractivity contribution < 1.29 is 9.59 Å². The highest BCUT2D eigenvalue weighted by molar-refractivity contribution is 9.10. The summed E-state index contributed by atoms with van der Waals surface area (Å²) in [6.07, 6.45) is 0.201. The van der Waals surface area contributed by atoms with Crippen LogP contribution in [-0.4, -0.2) is 16.8 Å². The van der Waals surface area contributed by atoms with Crippen molar-refractivity contribution in [2.75, 3.05) is 5.32 Å². The minimum Gasteiger partial charge on any atom is -0.366 e. The van der Waals surface area contributed by atoms with Crippen LogP contribution in [0.15, 0.2) is 62.7 Å². The van der Waals surface area contributed by atoms with Crippen LogP contribution in [-0.2, 0) is 17.0 Å². The Morgan fingerprint density at radius 1 is 1.11 bits per heavy atom. The maximum absolute atomic E-state index is 12.2. The minimum absolute atomic E-state index is 0.156. The molecule has 0 fully saturated rings. The van der Waals surface area contributed by atoms with E-state index in [2.05, 4.69) is 38.4 Å². The van der Waals surface area contributed by atoms with Gasteiger partial charge in [-0.05, 0) is 42.0 Å². The molecule has 5 nitrogen and oxygen atoms in total. The fourth-order valence-corrected chi connectivity index (χ4v) is 4.31. The van der Waals surface area contributed by atoms with E-state index in [0.717, 1.165) is 20.3 Å². The third-order valence-corrected chi connectivity index (χ3v) is 6.27. The van der Waals surface area contributed by atoms with Gasteiger partial charge in [-0.1, -0.05) is 39.8 Å². The number of thiazole rings is 1. The van der Waals surface area contributed by atoms with Crippen LogP contribution in [0.1, 0.15) is 21.6 Å². The van der Waals surface area contributed by atoms with Gasteiger partial charge in [-0.2, -0.15) is 0 Å². The molecule has 0 aliphatic carbocycles. The van der Waals surface area contributed by atoms with Crippen molar-refractivity contribution in [2.24, 2.45) is 5.73 Å². The number of carbonyl (C=O) groups excluding carboxylic acids is 2. The molecule has 1 heterocycles. The molecule has 1 aromatic heterocycles. The number of anilines is 1. The van der Waals surface area contributed by atoms with E-state index in [-0.39, 0.29) is 12.3 Å². The first-order valence-corrected chi connectivity index (χ1v) is 10.7. The van der Waals surface area contributed by atoms with E-state index >= 15 is 0 Å². The highest BCUT2D eigenvalue weighted by atomic mass is 79.9. The molecular weight excluding hydrogens is 446 g/mol. The number of nitrogens with two attached hydrogens (primary N) is 1. The van der Waals surface area contributed by atoms with E-state index in [9.17, 15) is 9.59 Å². The molecule has 0 spiro atoms. The number of benzene rings is 2. The summed E-state index contributed by atoms with van der Waals surface area (Å²) < 4.78 is 1.99. The molecule has 2 aromatic carbocycles. The molecule has 0 aliphatic heterocycles. The number of thioether (sulfide) groups is 1. The van der Waals surface area contributed by atoms with Gasteiger partial charge in [0.15, 0.2) is 0 Å². The molecule has 0 saturated carbocycles. The molecule has 3 aromatic rings. The zero-order valence-corrected chi connectivity index (χ0v) is 17.4. The quantitative estimate of drug-likeness (QED) is 0.507. The summed E-state index contributed by atoms with van der Waals surface area (Å²) in [6, 6.07) is 14.6. The molecule has 3 rings (SSSR count). The molecule has 27 heavy (non-hydrogen) atoms. The number of amides is 2. The molecule has 0 atom stereocenters. The number of hydrogen-bond acceptors (Lipinski definition) is 5. The second-order valence-corrected chi connectivity index (χ2v) is 8.68. The van der Waals surface area contributed by atoms with Gasteiger partial charge in [-0.25, -0.2) is 4.98 Å². The fourth-order valence-electron chi connectivity index (χ4n) is 2.25. The van der Waals surface area contributed by atoms with Gasteiger partial charge in [0.25, 0.3) is 0 Å². The second kappa shape index (κ2) is 9.16. The summed E-state index contributed by atoms with van der Waals surface area (Å²) in [5, 5.41) is 4.69. The summed E-state index contributed by atoms with van der Waals surface area (Å²) >= 11 is 6.61. The van der Waals surface area contributed by atoms with Crippen molar-refractivity contribution >= 4 is 56.5 Å². The van der Waals surface area contributed by atoms with Gasteiger partial charge in [-0.15, -0.1) is 11.3 Å². The Hall–Kier alpha value is -2.16. The molecule has 138 valence electrons. The molecule has 0 saturated heterocycles. The number of aromatic nitrogens is 1. The summed E-state index contributed by atoms with van der Waals surface area (Å²) in [6.45, 7) is 0. The van der Waals surface area contributed by atoms with E-state index in [1.807, 2.05) is 17.5 Å². The smallest absolute Gasteiger partial charge is 0.248 e. The van der Waals surface area contributed by atoms with Gasteiger partial charge in [0.1, 0.15) is 4.34 Å². The van der Waals surface area contributed by atoms with Crippen LogP contribution in [0.5, 0.6) is 0 Å². The predicted octanol–water partition coefficient (Wildman–Crippen LogP) is 4.48. The van der Waals surface area contributed by atoms with Crippen LogP contribution < -0.4 is 11.1 Å². The summed E-state index contributed by atoms with van der Waals surface area (Å²) in [5.74, 6) is 0.179. The Balaban J connectivity index is 1.51. The summed E-state index contributed by atoms with van der Waals surface area (Å²) in [5.41, 5.74) is 8.18. The van der Waals surface area contributed by atoms with Crippen molar-refractivity contribution in [1.29, 1.82) is 0 Å². The van der Waals surface area contributed by atoms with Crippen LogP contribution in [0.3, 0.4) is 0 Å². The first-order chi connectivity index (χ1) is 13.0. The minimum atomic E-state index is -0.497. The first-order valence-electron chi connectivity index (χ1n) is 8.01. The third kappa shape index (κ3) is 5.92. The van der Waals surface area contributed by atoms with Gasteiger partial charge in [0, 0.05) is 26.9 Å². The SMILES string of the molecule is NC(=O)c1ccc(NC(=O)Cc2csc(SCc3ccc(Br)cc3)n2)cc1. The van der Waals surface area contributed by atoms with E-state index in [1.54, 1.807) is 36.0 Å². The Morgan fingerprint density at radius 3 is 2.48 bits per heavy atom. The lowest BCUT2D eigenvalue weighted by molar-refractivity contribution is -0.115. The molecule has 0 unspecified atom stereocenters. The van der Waals surface area contributed by atoms with Crippen LogP contribution in [0.25, 0.3) is 0 Å². The van der Waals surface area contributed by atoms with Gasteiger partial charge in [0.2, 0.25) is 11.8 Å². The highest BCUT2D eigenvalue weighted by Gasteiger charge is 2.09. The fraction of sp³-hybridized carbons (Fsp3) is 0.105. The molecule has 0 bridgehead atoms. The lowest BCUT2D eigenvalue weighted by Gasteiger charge is -2.04. The van der Waals surface area contributed by atoms with Crippen molar-refractivity contribution in [3.8, 4) is 0 Å². The van der Waals surface area contributed by atoms with Gasteiger partial charge in [0.05, 0.1) is 12.1 Å². The van der Waals surface area contributed by atoms with Crippen LogP contribution >= 0.6 is 39.0 Å². The Morgan fingerprint density at radius 2 is 1.81 bits per heavy atom. The van der Waals surface area contributed by atoms with E-state index < -0.39 is 5.91 Å². The lowest BCUT2D eigenvalue weighted by Crippen LogP contribution is -2.15. The molecule has 0 aliphatic rings. The Labute approximate surface area is 173 Å². The number of halogens is 1. The number of hydrogen-bond donors (Lipinski definition) is 2. The predicted molar refractivity (Wildman–Crippen MR) is 113 cm³/mol. The third-order valence-electron chi connectivity index (χ3n) is 3.60. The zero-order valence-electron chi connectivity index (χ0n) is 14.1. The lowest BCUT2D eigenvalue weighted by atomic mass is 10.2. The van der Waals surface area contributed by atoms with Crippen LogP contribution in [0.4, 0.5) is 5.69 Å². The number of rotatable bonds is 7. The van der Waals surface area contributed by atoms with Crippen molar-refractivity contribution in [1.82, 2.24) is 4.98 Å². The van der Waals surface area contributed by atoms with Crippen molar-refractivity contribution in [3.05, 3.63) is 75.2 Å². The largest absolute Gasteiger partial charge is 0.366 e. The van der Waals surface area contributed by atoms with Crippen LogP contribution in [0.2, 0.25) is 0 Å². The maximum atomic E-state index is 12.2. The van der Waals surface area contributed by atoms with Gasteiger partial charge in [-0.3, -0.25) is 9.59 Å². The topological polar surface area (TPSA) is 85.1 Å². The first kappa shape index (κ1) is 19.6. The Kier molecular flexibility index (Phi) is 6.65. The molecule has 8 heteroatoms. The standard InChI is InChI=1S/C19H16BrN3O2S2/c20-14-5-1-12(2-6-14)10-26-19-23-16(11-27-19)9-17(24)22-15-7-3-13(4-8-15)18(21)25/h1-8,11H,9-10H2,(H2,21,25)(H,22,24). The number of nitrogens with one attached hydrogen (secondary N) is 1. The average Bonchev–Trinajstić information content (AvgIpc) is 3.09. The maximum Gasteiger partial charge on any atom is 0.248 e. The average molecular weight is 462 g/mol. The molecule has 2 amide bonds. The summed E-state index contributed by atoms with van der Waals surface area (Å²) in [4.78, 5) is 27.7. The summed E-state index contributed by atoms with van der Waals surface area (Å²) in [7, 11) is 0. The van der Waals surface area contributed by atoms with Crippen molar-refractivity contribution in [2.45, 2.75) is 16.5 Å². The van der Waals surface area contributed by atoms with E-state index in [4.69, 9.17) is 5.73 Å².